The predicted octanol–water partition coefficient (Wildman–Crippen LogP) is 3.85. The summed E-state index contributed by atoms with van der Waals surface area (Å²) in [6.45, 7) is 5.08. The molecule has 1 aromatic rings. The Hall–Kier alpha value is -1.76. The molecule has 18 heavy (non-hydrogen) atoms. The van der Waals surface area contributed by atoms with E-state index in [1.54, 1.807) is 0 Å². The van der Waals surface area contributed by atoms with E-state index in [1.807, 2.05) is 0 Å². The highest BCUT2D eigenvalue weighted by Crippen LogP contribution is 2.28. The van der Waals surface area contributed by atoms with Crippen molar-refractivity contribution >= 4 is 0 Å². The fraction of sp³-hybridized carbons (Fsp3) is 0.294. The van der Waals surface area contributed by atoms with E-state index in [4.69, 9.17) is 4.74 Å². The average molecular weight is 238 g/mol. The van der Waals surface area contributed by atoms with E-state index >= 15 is 0 Å². The molecule has 0 bridgehead atoms. The number of hydrogen-bond acceptors (Lipinski definition) is 1. The van der Waals surface area contributed by atoms with Crippen LogP contribution in [-0.2, 0) is 12.8 Å². The third-order valence-electron chi connectivity index (χ3n) is 3.69. The lowest BCUT2D eigenvalue weighted by molar-refractivity contribution is 0.357. The van der Waals surface area contributed by atoms with Gasteiger partial charge in [0.1, 0.15) is 5.75 Å². The number of ether oxygens (including phenoxy) is 1. The van der Waals surface area contributed by atoms with Crippen molar-refractivity contribution in [3.8, 4) is 5.75 Å². The van der Waals surface area contributed by atoms with Crippen molar-refractivity contribution in [2.75, 3.05) is 6.61 Å². The van der Waals surface area contributed by atoms with Crippen molar-refractivity contribution in [2.45, 2.75) is 19.3 Å². The Morgan fingerprint density at radius 1 is 1.33 bits per heavy atom. The van der Waals surface area contributed by atoms with E-state index in [2.05, 4.69) is 49.1 Å². The average Bonchev–Trinajstić information content (AvgIpc) is 2.87. The fourth-order valence-corrected chi connectivity index (χ4v) is 2.63. The molecule has 1 atom stereocenters. The van der Waals surface area contributed by atoms with Crippen molar-refractivity contribution in [3.63, 3.8) is 0 Å². The van der Waals surface area contributed by atoms with Gasteiger partial charge in [-0.25, -0.2) is 0 Å². The highest BCUT2D eigenvalue weighted by molar-refractivity contribution is 5.41. The second-order valence-corrected chi connectivity index (χ2v) is 5.03. The van der Waals surface area contributed by atoms with Gasteiger partial charge in [0, 0.05) is 12.3 Å². The maximum atomic E-state index is 5.53. The minimum Gasteiger partial charge on any atom is -0.493 e. The molecule has 1 heterocycles. The number of rotatable bonds is 3. The lowest BCUT2D eigenvalue weighted by Crippen LogP contribution is -2.04. The highest BCUT2D eigenvalue weighted by atomic mass is 16.5. The third-order valence-corrected chi connectivity index (χ3v) is 3.69. The Morgan fingerprint density at radius 3 is 3.11 bits per heavy atom. The second-order valence-electron chi connectivity index (χ2n) is 5.03. The molecule has 1 aliphatic carbocycles. The van der Waals surface area contributed by atoms with Crippen LogP contribution in [0.1, 0.15) is 17.5 Å². The van der Waals surface area contributed by atoms with Crippen LogP contribution in [0.15, 0.2) is 54.7 Å². The number of hydrogen-bond donors (Lipinski definition) is 0. The molecule has 1 heteroatoms. The lowest BCUT2D eigenvalue weighted by atomic mass is 9.89. The lowest BCUT2D eigenvalue weighted by Gasteiger charge is -2.16. The van der Waals surface area contributed by atoms with E-state index in [9.17, 15) is 0 Å². The summed E-state index contributed by atoms with van der Waals surface area (Å²) in [5.41, 5.74) is 4.00. The molecule has 0 saturated heterocycles. The first-order valence-corrected chi connectivity index (χ1v) is 6.58. The predicted molar refractivity (Wildman–Crippen MR) is 74.9 cm³/mol. The Labute approximate surface area is 108 Å². The van der Waals surface area contributed by atoms with E-state index in [-0.39, 0.29) is 0 Å². The van der Waals surface area contributed by atoms with Crippen molar-refractivity contribution in [2.24, 2.45) is 5.92 Å². The SMILES string of the molecule is C=C(Cc1ccc2c(c1)CCO2)C1C=CC=CC1. The monoisotopic (exact) mass is 238 g/mol. The highest BCUT2D eigenvalue weighted by Gasteiger charge is 2.14. The van der Waals surface area contributed by atoms with Crippen LogP contribution in [0.3, 0.4) is 0 Å². The van der Waals surface area contributed by atoms with Gasteiger partial charge in [-0.1, -0.05) is 48.6 Å². The summed E-state index contributed by atoms with van der Waals surface area (Å²) >= 11 is 0. The van der Waals surface area contributed by atoms with Gasteiger partial charge < -0.3 is 4.74 Å². The number of fused-ring (bicyclic) bond motifs is 1. The van der Waals surface area contributed by atoms with Crippen LogP contribution in [0.4, 0.5) is 0 Å². The molecule has 0 aromatic heterocycles. The Morgan fingerprint density at radius 2 is 2.28 bits per heavy atom. The fourth-order valence-electron chi connectivity index (χ4n) is 2.63. The first-order valence-electron chi connectivity index (χ1n) is 6.58. The van der Waals surface area contributed by atoms with Crippen molar-refractivity contribution < 1.29 is 4.74 Å². The molecule has 0 N–H and O–H groups in total. The third kappa shape index (κ3) is 2.26. The minimum absolute atomic E-state index is 0.500. The molecule has 0 fully saturated rings. The summed E-state index contributed by atoms with van der Waals surface area (Å²) in [6.07, 6.45) is 11.8. The van der Waals surface area contributed by atoms with Gasteiger partial charge in [-0.2, -0.15) is 0 Å². The van der Waals surface area contributed by atoms with Gasteiger partial charge in [0.05, 0.1) is 6.61 Å². The first-order chi connectivity index (χ1) is 8.83. The zero-order valence-electron chi connectivity index (χ0n) is 10.6. The van der Waals surface area contributed by atoms with Crippen LogP contribution in [0, 0.1) is 5.92 Å². The Bertz CT molecular complexity index is 522. The van der Waals surface area contributed by atoms with Gasteiger partial charge in [-0.15, -0.1) is 0 Å². The van der Waals surface area contributed by atoms with Crippen LogP contribution in [0.25, 0.3) is 0 Å². The molecule has 3 rings (SSSR count). The second kappa shape index (κ2) is 4.85. The summed E-state index contributed by atoms with van der Waals surface area (Å²) in [6, 6.07) is 6.54. The zero-order valence-corrected chi connectivity index (χ0v) is 10.6. The standard InChI is InChI=1S/C17H18O/c1-13(15-5-3-2-4-6-15)11-14-7-8-17-16(12-14)9-10-18-17/h2-5,7-8,12,15H,1,6,9-11H2. The van der Waals surface area contributed by atoms with Gasteiger partial charge in [-0.3, -0.25) is 0 Å². The van der Waals surface area contributed by atoms with Gasteiger partial charge in [0.25, 0.3) is 0 Å². The first kappa shape index (κ1) is 11.3. The molecule has 0 spiro atoms. The smallest absolute Gasteiger partial charge is 0.122 e. The summed E-state index contributed by atoms with van der Waals surface area (Å²) in [5.74, 6) is 1.56. The molecule has 1 aliphatic heterocycles. The van der Waals surface area contributed by atoms with Crippen LogP contribution in [0.2, 0.25) is 0 Å². The molecular weight excluding hydrogens is 220 g/mol. The topological polar surface area (TPSA) is 9.23 Å². The molecular formula is C17H18O. The van der Waals surface area contributed by atoms with E-state index in [1.165, 1.54) is 16.7 Å². The molecule has 1 nitrogen and oxygen atoms in total. The summed E-state index contributed by atoms with van der Waals surface area (Å²) in [7, 11) is 0. The van der Waals surface area contributed by atoms with Crippen molar-refractivity contribution in [1.29, 1.82) is 0 Å². The zero-order chi connectivity index (χ0) is 12.4. The molecule has 1 unspecified atom stereocenters. The quantitative estimate of drug-likeness (QED) is 0.727. The Balaban J connectivity index is 1.71. The molecule has 0 radical (unpaired) electrons. The van der Waals surface area contributed by atoms with Crippen molar-refractivity contribution in [1.82, 2.24) is 0 Å². The van der Waals surface area contributed by atoms with E-state index in [0.29, 0.717) is 5.92 Å². The largest absolute Gasteiger partial charge is 0.493 e. The van der Waals surface area contributed by atoms with Crippen LogP contribution < -0.4 is 4.74 Å². The number of benzene rings is 1. The maximum Gasteiger partial charge on any atom is 0.122 e. The molecule has 92 valence electrons. The Kier molecular flexibility index (Phi) is 3.06. The molecule has 0 amide bonds. The number of allylic oxidation sites excluding steroid dienone is 5. The van der Waals surface area contributed by atoms with Crippen molar-refractivity contribution in [3.05, 3.63) is 65.8 Å². The van der Waals surface area contributed by atoms with Gasteiger partial charge in [-0.05, 0) is 30.0 Å². The molecule has 2 aliphatic rings. The normalized spacial score (nSPS) is 20.6. The maximum absolute atomic E-state index is 5.53. The van der Waals surface area contributed by atoms with Gasteiger partial charge >= 0.3 is 0 Å². The van der Waals surface area contributed by atoms with Gasteiger partial charge in [0.15, 0.2) is 0 Å². The van der Waals surface area contributed by atoms with Crippen LogP contribution >= 0.6 is 0 Å². The van der Waals surface area contributed by atoms with Crippen LogP contribution in [0.5, 0.6) is 5.75 Å². The summed E-state index contributed by atoms with van der Waals surface area (Å²) in [5, 5.41) is 0. The summed E-state index contributed by atoms with van der Waals surface area (Å²) in [4.78, 5) is 0. The minimum atomic E-state index is 0.500. The van der Waals surface area contributed by atoms with E-state index < -0.39 is 0 Å². The van der Waals surface area contributed by atoms with Crippen LogP contribution in [-0.4, -0.2) is 6.61 Å². The van der Waals surface area contributed by atoms with E-state index in [0.717, 1.165) is 31.6 Å². The summed E-state index contributed by atoms with van der Waals surface area (Å²) < 4.78 is 5.53. The van der Waals surface area contributed by atoms with Gasteiger partial charge in [0.2, 0.25) is 0 Å². The molecule has 0 saturated carbocycles. The molecule has 1 aromatic carbocycles.